The molecule has 58 heavy (non-hydrogen) atoms. The van der Waals surface area contributed by atoms with Crippen molar-refractivity contribution in [2.75, 3.05) is 18.5 Å². The number of nitrogens with one attached hydrogen (secondary N) is 4. The summed E-state index contributed by atoms with van der Waals surface area (Å²) >= 11 is 0. The molecule has 3 saturated carbocycles. The lowest BCUT2D eigenvalue weighted by Gasteiger charge is -2.36. The molecule has 318 valence electrons. The average molecular weight is 841 g/mol. The molecule has 6 aliphatic rings. The highest BCUT2D eigenvalue weighted by atomic mass is 32.2. The summed E-state index contributed by atoms with van der Waals surface area (Å²) in [7, 11) is -4.30. The van der Waals surface area contributed by atoms with Crippen LogP contribution in [0, 0.1) is 11.3 Å². The van der Waals surface area contributed by atoms with Crippen molar-refractivity contribution in [1.82, 2.24) is 20.3 Å². The molecule has 0 aromatic heterocycles. The number of aliphatic imine (C=N–C) groups is 1. The van der Waals surface area contributed by atoms with Crippen molar-refractivity contribution >= 4 is 50.9 Å². The Bertz CT molecular complexity index is 2010. The highest BCUT2D eigenvalue weighted by Crippen LogP contribution is 2.49. The summed E-state index contributed by atoms with van der Waals surface area (Å²) in [5.41, 5.74) is -3.51. The number of allylic oxidation sites excluding steroid dienone is 1. The van der Waals surface area contributed by atoms with Gasteiger partial charge in [0.25, 0.3) is 5.91 Å². The van der Waals surface area contributed by atoms with Gasteiger partial charge >= 0.3 is 12.0 Å². The normalized spacial score (nSPS) is 33.7. The summed E-state index contributed by atoms with van der Waals surface area (Å²) in [5.74, 6) is -8.70. The second-order valence-corrected chi connectivity index (χ2v) is 19.4. The molecule has 2 unspecified atom stereocenters. The Morgan fingerprint density at radius 1 is 1.07 bits per heavy atom. The molecule has 2 bridgehead atoms. The number of benzene rings is 1. The van der Waals surface area contributed by atoms with Crippen LogP contribution in [0.2, 0.25) is 0 Å². The second-order valence-electron chi connectivity index (χ2n) is 17.2. The maximum atomic E-state index is 16.1. The van der Waals surface area contributed by atoms with Crippen LogP contribution in [0.4, 0.5) is 33.7 Å². The summed E-state index contributed by atoms with van der Waals surface area (Å²) < 4.78 is 105. The van der Waals surface area contributed by atoms with Crippen molar-refractivity contribution in [3.8, 4) is 0 Å². The number of ether oxygens (including phenoxy) is 3. The molecule has 3 aliphatic heterocycles. The zero-order valence-electron chi connectivity index (χ0n) is 32.4. The van der Waals surface area contributed by atoms with Crippen LogP contribution in [0.15, 0.2) is 41.4 Å². The van der Waals surface area contributed by atoms with Gasteiger partial charge in [-0.05, 0) is 69.1 Å². The first-order chi connectivity index (χ1) is 27.1. The van der Waals surface area contributed by atoms with Crippen molar-refractivity contribution in [1.29, 1.82) is 0 Å². The van der Waals surface area contributed by atoms with Gasteiger partial charge in [-0.15, -0.1) is 0 Å². The minimum absolute atomic E-state index is 0.207. The van der Waals surface area contributed by atoms with Crippen LogP contribution in [0.25, 0.3) is 0 Å². The van der Waals surface area contributed by atoms with Gasteiger partial charge in [0.05, 0.1) is 40.9 Å². The van der Waals surface area contributed by atoms with E-state index in [-0.39, 0.29) is 31.6 Å². The van der Waals surface area contributed by atoms with E-state index in [1.54, 1.807) is 39.0 Å². The molecule has 15 nitrogen and oxygen atoms in total. The topological polar surface area (TPSA) is 194 Å². The zero-order valence-corrected chi connectivity index (χ0v) is 33.3. The van der Waals surface area contributed by atoms with Crippen LogP contribution in [0.3, 0.4) is 0 Å². The molecule has 1 aromatic carbocycles. The summed E-state index contributed by atoms with van der Waals surface area (Å²) in [4.78, 5) is 61.1. The van der Waals surface area contributed by atoms with Crippen LogP contribution >= 0.6 is 0 Å². The van der Waals surface area contributed by atoms with E-state index in [0.29, 0.717) is 31.0 Å². The summed E-state index contributed by atoms with van der Waals surface area (Å²) in [5, 5.41) is 7.90. The van der Waals surface area contributed by atoms with Crippen molar-refractivity contribution in [2.24, 2.45) is 16.3 Å². The fourth-order valence-electron chi connectivity index (χ4n) is 7.94. The van der Waals surface area contributed by atoms with Gasteiger partial charge in [-0.25, -0.2) is 27.0 Å². The number of rotatable bonds is 6. The predicted molar refractivity (Wildman–Crippen MR) is 200 cm³/mol. The molecular formula is C38H48F4N6O9S. The smallest absolute Gasteiger partial charge is 0.408 e. The number of sulfonamides is 1. The molecule has 4 N–H and O–H groups in total. The molecule has 8 atom stereocenters. The first kappa shape index (κ1) is 41.8. The number of amides is 4. The number of halogens is 4. The van der Waals surface area contributed by atoms with Crippen molar-refractivity contribution < 1.29 is 59.4 Å². The van der Waals surface area contributed by atoms with Crippen LogP contribution in [0.1, 0.15) is 72.6 Å². The Hall–Kier alpha value is -4.30. The molecule has 0 spiro atoms. The van der Waals surface area contributed by atoms with E-state index in [9.17, 15) is 36.4 Å². The van der Waals surface area contributed by atoms with E-state index in [0.717, 1.165) is 11.0 Å². The molecule has 4 fully saturated rings. The maximum absolute atomic E-state index is 16.1. The first-order valence-corrected chi connectivity index (χ1v) is 20.8. The average Bonchev–Trinajstić information content (AvgIpc) is 3.97. The third-order valence-corrected chi connectivity index (χ3v) is 14.0. The summed E-state index contributed by atoms with van der Waals surface area (Å²) in [6, 6.07) is 3.50. The molecular weight excluding hydrogens is 793 g/mol. The van der Waals surface area contributed by atoms with Crippen molar-refractivity contribution in [3.63, 3.8) is 0 Å². The van der Waals surface area contributed by atoms with Gasteiger partial charge in [0.15, 0.2) is 6.23 Å². The van der Waals surface area contributed by atoms with Gasteiger partial charge in [0.1, 0.15) is 29.4 Å². The fourth-order valence-corrected chi connectivity index (χ4v) is 9.25. The van der Waals surface area contributed by atoms with Crippen LogP contribution in [-0.2, 0) is 38.6 Å². The second kappa shape index (κ2) is 15.1. The van der Waals surface area contributed by atoms with E-state index in [1.165, 1.54) is 13.0 Å². The van der Waals surface area contributed by atoms with E-state index in [1.807, 2.05) is 4.72 Å². The lowest BCUT2D eigenvalue weighted by Crippen LogP contribution is -2.60. The Balaban J connectivity index is 1.23. The van der Waals surface area contributed by atoms with Gasteiger partial charge in [0, 0.05) is 13.0 Å². The molecule has 1 saturated heterocycles. The standard InChI is InChI=1S/C38H48F4N6O9S/c1-35(2,3)28-32(50)48-19-20(17-24(48)30(49)46-37(18-21(37)29(39)40)33(51)47-58(53,54)36(4)14-15-36)56-31-27(43-22-9-5-6-10-23(22)44-31)38(41,42)13-8-16-55-25-11-7-12-26(25)57-34(52)45-28/h5-6,8-10,13,20-21,24-26,28-29,31,44H,7,11-12,14-19H2,1-4H3,(H,45,52)(H,46,49)(H,47,51)/b13-8+/t20-,21?,24+,25-,26-,28-,31?,37-/m1/s1. The number of nitrogens with zero attached hydrogens (tertiary/aromatic N) is 2. The van der Waals surface area contributed by atoms with Gasteiger partial charge in [-0.3, -0.25) is 19.1 Å². The maximum Gasteiger partial charge on any atom is 0.408 e. The number of alkyl halides is 4. The van der Waals surface area contributed by atoms with Crippen LogP contribution < -0.4 is 20.7 Å². The SMILES string of the molecule is CC(C)(C)[C@@H]1NC(=O)O[C@@H]2CCC[C@H]2OC/C=C/C(F)(F)C2=Nc3ccccc3NC2O[C@@H]2C[C@@H](C(=O)N[C@]3(C(=O)NS(=O)(=O)C4(C)CC4)CC3C(F)F)N(C2)C1=O. The van der Waals surface area contributed by atoms with E-state index < -0.39 is 123 Å². The Kier molecular flexibility index (Phi) is 10.9. The van der Waals surface area contributed by atoms with Gasteiger partial charge < -0.3 is 35.1 Å². The molecule has 1 aromatic rings. The number of hydrogen-bond acceptors (Lipinski definition) is 11. The third-order valence-electron chi connectivity index (χ3n) is 11.9. The minimum Gasteiger partial charge on any atom is -0.443 e. The van der Waals surface area contributed by atoms with E-state index in [2.05, 4.69) is 20.9 Å². The predicted octanol–water partition coefficient (Wildman–Crippen LogP) is 3.92. The number of hydrogen-bond donors (Lipinski definition) is 4. The lowest BCUT2D eigenvalue weighted by atomic mass is 9.85. The molecule has 3 heterocycles. The van der Waals surface area contributed by atoms with Crippen LogP contribution in [-0.4, -0.2) is 115 Å². The minimum atomic E-state index is -4.30. The first-order valence-electron chi connectivity index (χ1n) is 19.4. The number of fused-ring (bicyclic) bond motifs is 5. The van der Waals surface area contributed by atoms with Crippen LogP contribution in [0.5, 0.6) is 0 Å². The van der Waals surface area contributed by atoms with Gasteiger partial charge in [-0.1, -0.05) is 39.0 Å². The largest absolute Gasteiger partial charge is 0.443 e. The summed E-state index contributed by atoms with van der Waals surface area (Å²) in [6.45, 7) is 5.72. The van der Waals surface area contributed by atoms with Gasteiger partial charge in [-0.2, -0.15) is 8.78 Å². The number of carbonyl (C=O) groups is 4. The quantitative estimate of drug-likeness (QED) is 0.241. The molecule has 7 rings (SSSR count). The number of carbonyl (C=O) groups excluding carboxylic acids is 4. The van der Waals surface area contributed by atoms with E-state index in [4.69, 9.17) is 14.2 Å². The van der Waals surface area contributed by atoms with Crippen molar-refractivity contribution in [3.05, 3.63) is 36.4 Å². The highest BCUT2D eigenvalue weighted by molar-refractivity contribution is 7.91. The third kappa shape index (κ3) is 8.15. The van der Waals surface area contributed by atoms with Gasteiger partial charge in [0.2, 0.25) is 28.3 Å². The lowest BCUT2D eigenvalue weighted by molar-refractivity contribution is -0.143. The Morgan fingerprint density at radius 3 is 2.45 bits per heavy atom. The number of para-hydroxylation sites is 2. The molecule has 3 aliphatic carbocycles. The number of anilines is 1. The monoisotopic (exact) mass is 840 g/mol. The molecule has 0 radical (unpaired) electrons. The van der Waals surface area contributed by atoms with Crippen molar-refractivity contribution in [2.45, 2.75) is 132 Å². The highest BCUT2D eigenvalue weighted by Gasteiger charge is 2.67. The zero-order chi connectivity index (χ0) is 42.0. The molecule has 4 amide bonds. The number of alkyl carbamates (subject to hydrolysis) is 1. The fraction of sp³-hybridized carbons (Fsp3) is 0.658. The Morgan fingerprint density at radius 2 is 1.78 bits per heavy atom. The Labute approximate surface area is 333 Å². The van der Waals surface area contributed by atoms with E-state index >= 15 is 8.78 Å². The summed E-state index contributed by atoms with van der Waals surface area (Å²) in [6.07, 6.45) is -5.44. The molecule has 20 heteroatoms.